The Morgan fingerprint density at radius 1 is 1.39 bits per heavy atom. The van der Waals surface area contributed by atoms with E-state index in [9.17, 15) is 4.79 Å². The van der Waals surface area contributed by atoms with Crippen LogP contribution in [0.1, 0.15) is 5.56 Å². The number of hydrogen-bond donors (Lipinski definition) is 2. The van der Waals surface area contributed by atoms with Crippen LogP contribution in [0.4, 0.5) is 5.69 Å². The number of nitrogens with one attached hydrogen (secondary N) is 2. The Labute approximate surface area is 140 Å². The summed E-state index contributed by atoms with van der Waals surface area (Å²) in [5.41, 5.74) is 1.11. The molecular formula is C15H11N5OS2. The van der Waals surface area contributed by atoms with Gasteiger partial charge in [0.05, 0.1) is 22.3 Å². The van der Waals surface area contributed by atoms with E-state index in [1.165, 1.54) is 11.8 Å². The second-order valence-electron chi connectivity index (χ2n) is 4.47. The molecule has 0 fully saturated rings. The Morgan fingerprint density at radius 3 is 3.09 bits per heavy atom. The third-order valence-electron chi connectivity index (χ3n) is 2.83. The summed E-state index contributed by atoms with van der Waals surface area (Å²) in [6, 6.07) is 12.7. The predicted molar refractivity (Wildman–Crippen MR) is 90.2 cm³/mol. The second-order valence-corrected chi connectivity index (χ2v) is 6.36. The molecule has 0 bridgehead atoms. The minimum atomic E-state index is -0.174. The average Bonchev–Trinajstić information content (AvgIpc) is 3.24. The van der Waals surface area contributed by atoms with Crippen LogP contribution in [0, 0.1) is 11.3 Å². The van der Waals surface area contributed by atoms with Gasteiger partial charge in [-0.1, -0.05) is 23.9 Å². The average molecular weight is 341 g/mol. The first kappa shape index (κ1) is 15.3. The highest BCUT2D eigenvalue weighted by molar-refractivity contribution is 7.99. The van der Waals surface area contributed by atoms with Crippen LogP contribution in [0.5, 0.6) is 0 Å². The molecule has 0 aliphatic rings. The molecule has 6 nitrogen and oxygen atoms in total. The van der Waals surface area contributed by atoms with Crippen molar-refractivity contribution in [2.75, 3.05) is 11.1 Å². The van der Waals surface area contributed by atoms with Gasteiger partial charge in [0.1, 0.15) is 0 Å². The summed E-state index contributed by atoms with van der Waals surface area (Å²) in [5, 5.41) is 21.0. The van der Waals surface area contributed by atoms with E-state index in [-0.39, 0.29) is 11.7 Å². The molecule has 23 heavy (non-hydrogen) atoms. The first-order chi connectivity index (χ1) is 11.2. The molecule has 3 rings (SSSR count). The number of nitriles is 1. The fourth-order valence-corrected chi connectivity index (χ4v) is 3.09. The van der Waals surface area contributed by atoms with Crippen molar-refractivity contribution < 1.29 is 4.79 Å². The van der Waals surface area contributed by atoms with Gasteiger partial charge < -0.3 is 5.32 Å². The SMILES string of the molecule is N#Cc1cccc(NC(=O)CSc2n[nH]c(-c3cccs3)n2)c1. The summed E-state index contributed by atoms with van der Waals surface area (Å²) in [5.74, 6) is 0.718. The fraction of sp³-hybridized carbons (Fsp3) is 0.0667. The van der Waals surface area contributed by atoms with Gasteiger partial charge in [0, 0.05) is 5.69 Å². The van der Waals surface area contributed by atoms with E-state index in [1.54, 1.807) is 35.6 Å². The zero-order valence-electron chi connectivity index (χ0n) is 11.8. The van der Waals surface area contributed by atoms with Crippen LogP contribution in [-0.2, 0) is 4.79 Å². The molecule has 3 aromatic rings. The van der Waals surface area contributed by atoms with Crippen LogP contribution >= 0.6 is 23.1 Å². The molecule has 2 N–H and O–H groups in total. The zero-order chi connectivity index (χ0) is 16.1. The Kier molecular flexibility index (Phi) is 4.71. The van der Waals surface area contributed by atoms with Gasteiger partial charge in [0.15, 0.2) is 5.82 Å². The van der Waals surface area contributed by atoms with Crippen molar-refractivity contribution >= 4 is 34.7 Å². The van der Waals surface area contributed by atoms with Crippen molar-refractivity contribution in [3.05, 3.63) is 47.3 Å². The van der Waals surface area contributed by atoms with Crippen molar-refractivity contribution in [1.82, 2.24) is 15.2 Å². The van der Waals surface area contributed by atoms with Gasteiger partial charge in [-0.25, -0.2) is 4.98 Å². The summed E-state index contributed by atoms with van der Waals surface area (Å²) in [7, 11) is 0. The van der Waals surface area contributed by atoms with E-state index < -0.39 is 0 Å². The third kappa shape index (κ3) is 3.97. The smallest absolute Gasteiger partial charge is 0.234 e. The van der Waals surface area contributed by atoms with Crippen molar-refractivity contribution in [3.63, 3.8) is 0 Å². The molecule has 1 aromatic carbocycles. The molecule has 0 aliphatic carbocycles. The normalized spacial score (nSPS) is 10.2. The number of nitrogens with zero attached hydrogens (tertiary/aromatic N) is 3. The Hall–Kier alpha value is -2.63. The summed E-state index contributed by atoms with van der Waals surface area (Å²) in [6.07, 6.45) is 0. The fourth-order valence-electron chi connectivity index (χ4n) is 1.83. The lowest BCUT2D eigenvalue weighted by Gasteiger charge is -2.03. The summed E-state index contributed by atoms with van der Waals surface area (Å²) in [4.78, 5) is 17.3. The number of H-pyrrole nitrogens is 1. The largest absolute Gasteiger partial charge is 0.325 e. The molecular weight excluding hydrogens is 330 g/mol. The molecule has 0 aliphatic heterocycles. The molecule has 8 heteroatoms. The van der Waals surface area contributed by atoms with Gasteiger partial charge in [-0.05, 0) is 29.6 Å². The highest BCUT2D eigenvalue weighted by Gasteiger charge is 2.10. The quantitative estimate of drug-likeness (QED) is 0.695. The van der Waals surface area contributed by atoms with Gasteiger partial charge in [-0.2, -0.15) is 5.26 Å². The monoisotopic (exact) mass is 341 g/mol. The summed E-state index contributed by atoms with van der Waals surface area (Å²) in [6.45, 7) is 0. The van der Waals surface area contributed by atoms with E-state index in [1.807, 2.05) is 23.6 Å². The molecule has 0 saturated heterocycles. The maximum Gasteiger partial charge on any atom is 0.234 e. The minimum Gasteiger partial charge on any atom is -0.325 e. The molecule has 0 saturated carbocycles. The molecule has 2 aromatic heterocycles. The number of carbonyl (C=O) groups is 1. The third-order valence-corrected chi connectivity index (χ3v) is 4.55. The summed E-state index contributed by atoms with van der Waals surface area (Å²) < 4.78 is 0. The molecule has 0 unspecified atom stereocenters. The Bertz CT molecular complexity index is 851. The van der Waals surface area contributed by atoms with E-state index in [0.717, 1.165) is 4.88 Å². The molecule has 1 amide bonds. The van der Waals surface area contributed by atoms with Gasteiger partial charge in [0.2, 0.25) is 11.1 Å². The van der Waals surface area contributed by atoms with Gasteiger partial charge in [-0.15, -0.1) is 16.4 Å². The Morgan fingerprint density at radius 2 is 2.30 bits per heavy atom. The lowest BCUT2D eigenvalue weighted by molar-refractivity contribution is -0.113. The topological polar surface area (TPSA) is 94.5 Å². The summed E-state index contributed by atoms with van der Waals surface area (Å²) >= 11 is 2.82. The first-order valence-corrected chi connectivity index (χ1v) is 8.50. The molecule has 0 atom stereocenters. The van der Waals surface area contributed by atoms with Crippen LogP contribution in [-0.4, -0.2) is 26.8 Å². The predicted octanol–water partition coefficient (Wildman–Crippen LogP) is 3.14. The van der Waals surface area contributed by atoms with Crippen molar-refractivity contribution in [1.29, 1.82) is 5.26 Å². The number of thioether (sulfide) groups is 1. The number of aromatic nitrogens is 3. The van der Waals surface area contributed by atoms with E-state index in [2.05, 4.69) is 20.5 Å². The number of carbonyl (C=O) groups excluding carboxylic acids is 1. The number of hydrogen-bond acceptors (Lipinski definition) is 6. The standard InChI is InChI=1S/C15H11N5OS2/c16-8-10-3-1-4-11(7-10)17-13(21)9-23-15-18-14(19-20-15)12-5-2-6-22-12/h1-7H,9H2,(H,17,21)(H,18,19,20). The number of rotatable bonds is 5. The molecule has 0 radical (unpaired) electrons. The van der Waals surface area contributed by atoms with Crippen molar-refractivity contribution in [2.24, 2.45) is 0 Å². The molecule has 2 heterocycles. The van der Waals surface area contributed by atoms with Gasteiger partial charge in [-0.3, -0.25) is 9.89 Å². The van der Waals surface area contributed by atoms with Crippen LogP contribution < -0.4 is 5.32 Å². The number of amides is 1. The zero-order valence-corrected chi connectivity index (χ0v) is 13.4. The first-order valence-electron chi connectivity index (χ1n) is 6.64. The number of benzene rings is 1. The van der Waals surface area contributed by atoms with E-state index in [4.69, 9.17) is 5.26 Å². The maximum atomic E-state index is 11.9. The number of thiophene rings is 1. The van der Waals surface area contributed by atoms with Crippen molar-refractivity contribution in [2.45, 2.75) is 5.16 Å². The lowest BCUT2D eigenvalue weighted by atomic mass is 10.2. The highest BCUT2D eigenvalue weighted by Crippen LogP contribution is 2.23. The second kappa shape index (κ2) is 7.09. The molecule has 114 valence electrons. The Balaban J connectivity index is 1.56. The van der Waals surface area contributed by atoms with Crippen molar-refractivity contribution in [3.8, 4) is 16.8 Å². The van der Waals surface area contributed by atoms with Crippen LogP contribution in [0.2, 0.25) is 0 Å². The highest BCUT2D eigenvalue weighted by atomic mass is 32.2. The minimum absolute atomic E-state index is 0.174. The van der Waals surface area contributed by atoms with Gasteiger partial charge >= 0.3 is 0 Å². The maximum absolute atomic E-state index is 11.9. The van der Waals surface area contributed by atoms with Gasteiger partial charge in [0.25, 0.3) is 0 Å². The lowest BCUT2D eigenvalue weighted by Crippen LogP contribution is -2.14. The number of aromatic amines is 1. The van der Waals surface area contributed by atoms with Crippen LogP contribution in [0.3, 0.4) is 0 Å². The molecule has 0 spiro atoms. The van der Waals surface area contributed by atoms with Crippen LogP contribution in [0.25, 0.3) is 10.7 Å². The van der Waals surface area contributed by atoms with Crippen LogP contribution in [0.15, 0.2) is 46.9 Å². The van der Waals surface area contributed by atoms with E-state index >= 15 is 0 Å². The number of anilines is 1. The van der Waals surface area contributed by atoms with E-state index in [0.29, 0.717) is 22.2 Å².